The van der Waals surface area contributed by atoms with Crippen LogP contribution in [0.1, 0.15) is 33.1 Å². The lowest BCUT2D eigenvalue weighted by molar-refractivity contribution is -0.159. The summed E-state index contributed by atoms with van der Waals surface area (Å²) in [5, 5.41) is 3.26. The lowest BCUT2D eigenvalue weighted by Crippen LogP contribution is -2.40. The zero-order valence-electron chi connectivity index (χ0n) is 16.9. The SMILES string of the molecule is CC(C)(C)OC(=O)N1CCC(NS(=O)(=O)c2ccc(-c3noc(C(F)(F)F)n3)cc2)C1. The lowest BCUT2D eigenvalue weighted by Gasteiger charge is -2.24. The lowest BCUT2D eigenvalue weighted by atomic mass is 10.2. The summed E-state index contributed by atoms with van der Waals surface area (Å²) in [4.78, 5) is 16.7. The van der Waals surface area contributed by atoms with Crippen LogP contribution in [0.4, 0.5) is 18.0 Å². The number of alkyl halides is 3. The van der Waals surface area contributed by atoms with Crippen LogP contribution in [0.3, 0.4) is 0 Å². The first-order valence-corrected chi connectivity index (χ1v) is 10.7. The molecule has 0 aliphatic carbocycles. The predicted molar refractivity (Wildman–Crippen MR) is 101 cm³/mol. The summed E-state index contributed by atoms with van der Waals surface area (Å²) in [6, 6.07) is 4.51. The van der Waals surface area contributed by atoms with Crippen molar-refractivity contribution in [1.29, 1.82) is 0 Å². The molecule has 1 atom stereocenters. The van der Waals surface area contributed by atoms with Gasteiger partial charge in [-0.1, -0.05) is 5.16 Å². The summed E-state index contributed by atoms with van der Waals surface area (Å²) in [7, 11) is -3.92. The van der Waals surface area contributed by atoms with Crippen LogP contribution in [0, 0.1) is 0 Å². The van der Waals surface area contributed by atoms with Gasteiger partial charge in [-0.05, 0) is 51.5 Å². The first-order valence-electron chi connectivity index (χ1n) is 9.26. The Morgan fingerprint density at radius 3 is 2.42 bits per heavy atom. The van der Waals surface area contributed by atoms with Gasteiger partial charge in [0.05, 0.1) is 4.90 Å². The summed E-state index contributed by atoms with van der Waals surface area (Å²) in [5.41, 5.74) is -0.495. The Kier molecular flexibility index (Phi) is 6.02. The zero-order chi connectivity index (χ0) is 23.0. The van der Waals surface area contributed by atoms with Crippen molar-refractivity contribution in [1.82, 2.24) is 19.8 Å². The van der Waals surface area contributed by atoms with Gasteiger partial charge in [0.25, 0.3) is 0 Å². The number of amides is 1. The Labute approximate surface area is 176 Å². The number of sulfonamides is 1. The summed E-state index contributed by atoms with van der Waals surface area (Å²) >= 11 is 0. The second-order valence-corrected chi connectivity index (χ2v) is 9.69. The number of likely N-dealkylation sites (tertiary alicyclic amines) is 1. The maximum Gasteiger partial charge on any atom is 0.471 e. The van der Waals surface area contributed by atoms with E-state index in [1.165, 1.54) is 29.2 Å². The molecule has 1 amide bonds. The molecule has 1 aromatic carbocycles. The molecule has 2 aromatic rings. The van der Waals surface area contributed by atoms with E-state index in [-0.39, 0.29) is 22.8 Å². The fourth-order valence-corrected chi connectivity index (χ4v) is 4.14. The third-order valence-corrected chi connectivity index (χ3v) is 5.79. The van der Waals surface area contributed by atoms with Gasteiger partial charge in [-0.15, -0.1) is 0 Å². The van der Waals surface area contributed by atoms with E-state index in [4.69, 9.17) is 4.74 Å². The molecule has 170 valence electrons. The molecule has 9 nitrogen and oxygen atoms in total. The number of hydrogen-bond acceptors (Lipinski definition) is 7. The van der Waals surface area contributed by atoms with Crippen molar-refractivity contribution in [2.75, 3.05) is 13.1 Å². The highest BCUT2D eigenvalue weighted by Crippen LogP contribution is 2.29. The Balaban J connectivity index is 1.65. The van der Waals surface area contributed by atoms with Crippen LogP contribution < -0.4 is 4.72 Å². The highest BCUT2D eigenvalue weighted by Gasteiger charge is 2.38. The zero-order valence-corrected chi connectivity index (χ0v) is 17.7. The summed E-state index contributed by atoms with van der Waals surface area (Å²) < 4.78 is 75.0. The molecule has 1 aromatic heterocycles. The maximum absolute atomic E-state index is 12.6. The van der Waals surface area contributed by atoms with Gasteiger partial charge in [-0.2, -0.15) is 18.2 Å². The number of benzene rings is 1. The maximum atomic E-state index is 12.6. The van der Waals surface area contributed by atoms with Gasteiger partial charge >= 0.3 is 18.2 Å². The molecule has 1 aliphatic heterocycles. The van der Waals surface area contributed by atoms with Crippen LogP contribution >= 0.6 is 0 Å². The number of aromatic nitrogens is 2. The van der Waals surface area contributed by atoms with Crippen molar-refractivity contribution >= 4 is 16.1 Å². The van der Waals surface area contributed by atoms with E-state index in [0.717, 1.165) is 0 Å². The molecule has 1 saturated heterocycles. The quantitative estimate of drug-likeness (QED) is 0.743. The third-order valence-electron chi connectivity index (χ3n) is 4.25. The number of halogens is 3. The molecule has 0 bridgehead atoms. The summed E-state index contributed by atoms with van der Waals surface area (Å²) in [6.45, 7) is 5.73. The second kappa shape index (κ2) is 8.11. The fourth-order valence-electron chi connectivity index (χ4n) is 2.88. The van der Waals surface area contributed by atoms with Crippen LogP contribution in [0.2, 0.25) is 0 Å². The van der Waals surface area contributed by atoms with Crippen molar-refractivity contribution in [2.24, 2.45) is 0 Å². The summed E-state index contributed by atoms with van der Waals surface area (Å²) in [5.74, 6) is -1.80. The van der Waals surface area contributed by atoms with Gasteiger partial charge in [-0.3, -0.25) is 0 Å². The molecule has 3 rings (SSSR count). The van der Waals surface area contributed by atoms with Gasteiger partial charge in [0, 0.05) is 24.7 Å². The molecule has 0 saturated carbocycles. The fraction of sp³-hybridized carbons (Fsp3) is 0.500. The Hall–Kier alpha value is -2.67. The topological polar surface area (TPSA) is 115 Å². The molecule has 13 heteroatoms. The molecular formula is C18H21F3N4O5S. The van der Waals surface area contributed by atoms with Crippen molar-refractivity contribution in [2.45, 2.75) is 49.9 Å². The average molecular weight is 462 g/mol. The number of hydrogen-bond donors (Lipinski definition) is 1. The molecule has 31 heavy (non-hydrogen) atoms. The van der Waals surface area contributed by atoms with Gasteiger partial charge in [0.2, 0.25) is 15.8 Å². The Bertz CT molecular complexity index is 1050. The van der Waals surface area contributed by atoms with E-state index in [9.17, 15) is 26.4 Å². The second-order valence-electron chi connectivity index (χ2n) is 7.98. The Morgan fingerprint density at radius 1 is 1.23 bits per heavy atom. The molecule has 0 radical (unpaired) electrons. The van der Waals surface area contributed by atoms with E-state index in [1.807, 2.05) is 0 Å². The predicted octanol–water partition coefficient (Wildman–Crippen LogP) is 3.04. The molecule has 1 aliphatic rings. The van der Waals surface area contributed by atoms with Gasteiger partial charge < -0.3 is 14.2 Å². The largest absolute Gasteiger partial charge is 0.471 e. The van der Waals surface area contributed by atoms with Crippen LogP contribution in [-0.4, -0.2) is 54.3 Å². The van der Waals surface area contributed by atoms with E-state index in [0.29, 0.717) is 13.0 Å². The van der Waals surface area contributed by atoms with Crippen molar-refractivity contribution < 1.29 is 35.6 Å². The van der Waals surface area contributed by atoms with Gasteiger partial charge in [0.15, 0.2) is 0 Å². The monoisotopic (exact) mass is 462 g/mol. The average Bonchev–Trinajstić information content (AvgIpc) is 3.29. The first kappa shape index (κ1) is 23.0. The number of carbonyl (C=O) groups is 1. The third kappa shape index (κ3) is 5.73. The molecular weight excluding hydrogens is 441 g/mol. The van der Waals surface area contributed by atoms with E-state index < -0.39 is 39.8 Å². The molecule has 0 spiro atoms. The summed E-state index contributed by atoms with van der Waals surface area (Å²) in [6.07, 6.45) is -4.87. The number of carbonyl (C=O) groups excluding carboxylic acids is 1. The smallest absolute Gasteiger partial charge is 0.444 e. The normalized spacial score (nSPS) is 17.7. The molecule has 1 N–H and O–H groups in total. The van der Waals surface area contributed by atoms with Crippen LogP contribution in [0.15, 0.2) is 33.7 Å². The van der Waals surface area contributed by atoms with E-state index in [1.54, 1.807) is 20.8 Å². The van der Waals surface area contributed by atoms with Crippen LogP contribution in [-0.2, 0) is 20.9 Å². The molecule has 1 fully saturated rings. The van der Waals surface area contributed by atoms with Gasteiger partial charge in [0.1, 0.15) is 5.60 Å². The van der Waals surface area contributed by atoms with Crippen molar-refractivity contribution in [3.05, 3.63) is 30.2 Å². The standard InChI is InChI=1S/C18H21F3N4O5S/c1-17(2,3)29-16(26)25-9-8-12(10-25)24-31(27,28)13-6-4-11(5-7-13)14-22-15(30-23-14)18(19,20)21/h4-7,12,24H,8-10H2,1-3H3. The highest BCUT2D eigenvalue weighted by molar-refractivity contribution is 7.89. The minimum atomic E-state index is -4.77. The first-order chi connectivity index (χ1) is 14.2. The molecule has 1 unspecified atom stereocenters. The van der Waals surface area contributed by atoms with E-state index in [2.05, 4.69) is 19.4 Å². The number of rotatable bonds is 4. The van der Waals surface area contributed by atoms with Gasteiger partial charge in [-0.25, -0.2) is 17.9 Å². The molecule has 2 heterocycles. The number of nitrogens with one attached hydrogen (secondary N) is 1. The number of nitrogens with zero attached hydrogens (tertiary/aromatic N) is 3. The Morgan fingerprint density at radius 2 is 1.87 bits per heavy atom. The highest BCUT2D eigenvalue weighted by atomic mass is 32.2. The number of ether oxygens (including phenoxy) is 1. The van der Waals surface area contributed by atoms with Crippen LogP contribution in [0.25, 0.3) is 11.4 Å². The van der Waals surface area contributed by atoms with E-state index >= 15 is 0 Å². The minimum Gasteiger partial charge on any atom is -0.444 e. The van der Waals surface area contributed by atoms with Crippen molar-refractivity contribution in [3.8, 4) is 11.4 Å². The van der Waals surface area contributed by atoms with Crippen molar-refractivity contribution in [3.63, 3.8) is 0 Å². The minimum absolute atomic E-state index is 0.0912. The van der Waals surface area contributed by atoms with Crippen LogP contribution in [0.5, 0.6) is 0 Å².